The van der Waals surface area contributed by atoms with Gasteiger partial charge in [0.1, 0.15) is 103 Å². The number of para-hydroxylation sites is 1. The molecule has 46 heteroatoms. The number of carboxylic acids is 1. The van der Waals surface area contributed by atoms with Gasteiger partial charge in [0.25, 0.3) is 0 Å². The summed E-state index contributed by atoms with van der Waals surface area (Å²) in [6.07, 6.45) is 2.15. The molecule has 2 heterocycles. The molecule has 0 spiro atoms. The van der Waals surface area contributed by atoms with Gasteiger partial charge in [-0.3, -0.25) is 86.5 Å². The largest absolute Gasteiger partial charge is 0.480 e. The summed E-state index contributed by atoms with van der Waals surface area (Å²) in [5, 5.41) is 83.4. The van der Waals surface area contributed by atoms with Gasteiger partial charge in [0.15, 0.2) is 5.96 Å². The second kappa shape index (κ2) is 57.7. The average molecular weight is 1930 g/mol. The molecule has 1 saturated heterocycles. The van der Waals surface area contributed by atoms with Gasteiger partial charge in [-0.25, -0.2) is 4.79 Å². The van der Waals surface area contributed by atoms with Crippen LogP contribution in [0.25, 0.3) is 10.9 Å². The maximum Gasteiger partial charge on any atom is 0.327 e. The van der Waals surface area contributed by atoms with E-state index in [9.17, 15) is 107 Å². The Hall–Kier alpha value is -11.0. The molecule has 134 heavy (non-hydrogen) atoms. The van der Waals surface area contributed by atoms with E-state index in [0.29, 0.717) is 35.1 Å². The highest BCUT2D eigenvalue weighted by atomic mass is 32.2. The summed E-state index contributed by atoms with van der Waals surface area (Å²) in [6, 6.07) is -18.2. The highest BCUT2D eigenvalue weighted by Crippen LogP contribution is 2.24. The summed E-state index contributed by atoms with van der Waals surface area (Å²) >= 11 is 5.44. The Bertz CT molecular complexity index is 4340. The number of carboxylic acid groups (broad SMARTS) is 1. The lowest BCUT2D eigenvalue weighted by molar-refractivity contribution is -0.143. The van der Waals surface area contributed by atoms with Gasteiger partial charge in [-0.05, 0) is 151 Å². The number of hydrogen-bond acceptors (Lipinski definition) is 25. The summed E-state index contributed by atoms with van der Waals surface area (Å²) in [6.45, 7) is 26.7. The van der Waals surface area contributed by atoms with Crippen LogP contribution < -0.4 is 102 Å². The normalized spacial score (nSPS) is 16.7. The third-order valence-electron chi connectivity index (χ3n) is 21.9. The minimum atomic E-state index is -1.80. The number of aliphatic carboxylic acids is 1. The van der Waals surface area contributed by atoms with E-state index in [-0.39, 0.29) is 99.8 Å². The van der Waals surface area contributed by atoms with Gasteiger partial charge in [0, 0.05) is 42.4 Å². The third-order valence-corrected chi connectivity index (χ3v) is 23.0. The molecule has 19 atom stereocenters. The second-order valence-electron chi connectivity index (χ2n) is 36.7. The number of hydrogen-bond donors (Lipinski definition) is 25. The SMILES string of the molecule is CSCC[C@H](N)C(=O)N[C@H](C(=O)N[C@@H](CCCN=C(N)N)C(=O)N[C@H](C(=O)N[C@@H](CC(C)C)C(=O)N[C@@H](CO)C(=O)N[C@@H](CC(C)C)C(=O)N[C@@H](C)C(=O)N[C@H](C(=O)N[C@@H](CC(C)C)C(=O)N[C@@H](CO)C(=O)N[C@@H](Cc1c[nH]c2ccccc12)C(=O)N[C@@H](CC(C)C)C(=O)N1CCC[C@H]1C(=O)N[C@@H](C)C(=O)N[C@@H](C)C(=O)N[C@H](C(=O)N[C@@H](CS)C(=O)O)C(C)C)C(C)C)[C@@H](C)O)C(C)C. The third kappa shape index (κ3) is 38.8. The van der Waals surface area contributed by atoms with Gasteiger partial charge in [-0.15, -0.1) is 0 Å². The Morgan fingerprint density at radius 1 is 0.455 bits per heavy atom. The molecule has 1 aromatic carbocycles. The number of thiol groups is 1. The molecule has 2 aromatic rings. The summed E-state index contributed by atoms with van der Waals surface area (Å²) in [4.78, 5) is 259. The van der Waals surface area contributed by atoms with Crippen molar-refractivity contribution in [3.05, 3.63) is 36.0 Å². The molecule has 0 bridgehead atoms. The fourth-order valence-electron chi connectivity index (χ4n) is 14.4. The van der Waals surface area contributed by atoms with Gasteiger partial charge < -0.3 is 133 Å². The summed E-state index contributed by atoms with van der Waals surface area (Å²) in [7, 11) is 0. The van der Waals surface area contributed by atoms with E-state index in [0.717, 1.165) is 0 Å². The lowest BCUT2D eigenvalue weighted by Crippen LogP contribution is -2.62. The number of amides is 17. The first kappa shape index (κ1) is 117. The zero-order valence-corrected chi connectivity index (χ0v) is 82.0. The highest BCUT2D eigenvalue weighted by molar-refractivity contribution is 7.98. The fraction of sp³-hybridized carbons (Fsp3) is 0.693. The molecule has 0 radical (unpaired) electrons. The van der Waals surface area contributed by atoms with Crippen molar-refractivity contribution < 1.29 is 107 Å². The van der Waals surface area contributed by atoms with Crippen molar-refractivity contribution in [1.29, 1.82) is 0 Å². The van der Waals surface area contributed by atoms with E-state index in [2.05, 4.69) is 108 Å². The van der Waals surface area contributed by atoms with Crippen LogP contribution in [0.2, 0.25) is 0 Å². The number of nitrogens with one attached hydrogen (secondary N) is 17. The Kier molecular flexibility index (Phi) is 50.5. The molecule has 1 aliphatic heterocycles. The molecule has 1 fully saturated rings. The van der Waals surface area contributed by atoms with Crippen LogP contribution in [-0.2, 0) is 92.7 Å². The number of thioether (sulfide) groups is 1. The number of aromatic amines is 1. The van der Waals surface area contributed by atoms with Crippen LogP contribution in [0.15, 0.2) is 35.5 Å². The Morgan fingerprint density at radius 3 is 1.26 bits per heavy atom. The van der Waals surface area contributed by atoms with E-state index >= 15 is 0 Å². The first-order valence-electron chi connectivity index (χ1n) is 45.5. The number of nitrogens with two attached hydrogens (primary N) is 3. The molecule has 27 N–H and O–H groups in total. The number of nitrogens with zero attached hydrogens (tertiary/aromatic N) is 2. The Morgan fingerprint density at radius 2 is 0.821 bits per heavy atom. The topological polar surface area (TPSA) is 690 Å². The van der Waals surface area contributed by atoms with Crippen molar-refractivity contribution in [3.63, 3.8) is 0 Å². The molecule has 0 unspecified atom stereocenters. The monoisotopic (exact) mass is 1930 g/mol. The standard InChI is InChI=1S/C88H148N22O22S2/c1-41(2)32-57(98-79(123)62(38-111)103-77(121)59(34-43(5)6)101-85(129)69(51(18)113)109-74(118)56(26-22-29-92-88(90)91)97-82(126)68(47(13)14)108-73(117)54(89)28-31-134-19)75(119)95-50(17)72(116)106-66(45(9)10)83(127)100-58(33-42(3)4)76(120)104-63(39-112)80(124)99-60(36-52-37-93-55-25-21-20-24-53(52)55)78(122)102-61(35-44(7)8)86(130)110-30-23-27-65(110)81(125)96-48(15)70(114)94-49(16)71(115)107-67(46(11)12)84(128)105-64(40-133)87(131)132/h20-21,24-25,37,41-51,54,56-69,93,111-113,133H,22-23,26-36,38-40,89H2,1-19H3,(H,94,114)(H,95,119)(H,96,125)(H,97,126)(H,98,123)(H,99,124)(H,100,127)(H,101,129)(H,102,122)(H,103,121)(H,104,120)(H,105,128)(H,106,116)(H,107,115)(H,108,117)(H,109,118)(H,131,132)(H4,90,91,92)/t48-,49-,50-,51+,54-,56-,57-,58-,59-,60-,61-,62-,63-,64-,65-,66-,67-,68-,69-/m0/s1. The predicted molar refractivity (Wildman–Crippen MR) is 505 cm³/mol. The van der Waals surface area contributed by atoms with Crippen LogP contribution in [0.5, 0.6) is 0 Å². The minimum Gasteiger partial charge on any atom is -0.480 e. The number of guanidine groups is 1. The van der Waals surface area contributed by atoms with Gasteiger partial charge >= 0.3 is 5.97 Å². The number of aliphatic hydroxyl groups excluding tert-OH is 3. The molecule has 0 aliphatic carbocycles. The van der Waals surface area contributed by atoms with Gasteiger partial charge in [-0.1, -0.05) is 115 Å². The maximum absolute atomic E-state index is 15.0. The number of aliphatic imine (C=N–C) groups is 1. The number of H-pyrrole nitrogens is 1. The summed E-state index contributed by atoms with van der Waals surface area (Å²) < 4.78 is 0. The van der Waals surface area contributed by atoms with Crippen LogP contribution in [0.1, 0.15) is 188 Å². The molecular formula is C88H148N22O22S2. The summed E-state index contributed by atoms with van der Waals surface area (Å²) in [5.74, 6) is -19.3. The lowest BCUT2D eigenvalue weighted by atomic mass is 9.99. The number of likely N-dealkylation sites (tertiary alicyclic amines) is 1. The van der Waals surface area contributed by atoms with Crippen LogP contribution in [0.3, 0.4) is 0 Å². The molecule has 17 amide bonds. The van der Waals surface area contributed by atoms with Crippen molar-refractivity contribution in [2.75, 3.05) is 44.1 Å². The zero-order valence-electron chi connectivity index (χ0n) is 80.3. The van der Waals surface area contributed by atoms with E-state index in [4.69, 9.17) is 17.2 Å². The zero-order chi connectivity index (χ0) is 102. The van der Waals surface area contributed by atoms with Crippen LogP contribution in [0, 0.1) is 41.4 Å². The predicted octanol–water partition coefficient (Wildman–Crippen LogP) is -3.82. The Labute approximate surface area is 792 Å². The van der Waals surface area contributed by atoms with Gasteiger partial charge in [-0.2, -0.15) is 24.4 Å². The smallest absolute Gasteiger partial charge is 0.327 e. The van der Waals surface area contributed by atoms with E-state index in [1.54, 1.807) is 127 Å². The van der Waals surface area contributed by atoms with Crippen molar-refractivity contribution in [3.8, 4) is 0 Å². The van der Waals surface area contributed by atoms with Crippen molar-refractivity contribution in [2.45, 2.75) is 304 Å². The second-order valence-corrected chi connectivity index (χ2v) is 38.0. The van der Waals surface area contributed by atoms with Gasteiger partial charge in [0.2, 0.25) is 100 Å². The lowest BCUT2D eigenvalue weighted by Gasteiger charge is -2.31. The van der Waals surface area contributed by atoms with Crippen molar-refractivity contribution >= 4 is 148 Å². The quantitative estimate of drug-likeness (QED) is 0.0131. The average Bonchev–Trinajstić information content (AvgIpc) is 1.65. The molecule has 44 nitrogen and oxygen atoms in total. The molecule has 0 saturated carbocycles. The maximum atomic E-state index is 15.0. The first-order valence-corrected chi connectivity index (χ1v) is 47.5. The highest BCUT2D eigenvalue weighted by Gasteiger charge is 2.43. The molecular weight excluding hydrogens is 1780 g/mol. The van der Waals surface area contributed by atoms with Crippen molar-refractivity contribution in [2.24, 2.45) is 63.6 Å². The first-order chi connectivity index (χ1) is 62.7. The number of carbonyl (C=O) groups is 18. The number of carbonyl (C=O) groups excluding carboxylic acids is 17. The number of aromatic nitrogens is 1. The molecule has 754 valence electrons. The Balaban J connectivity index is 1.83. The number of fused-ring (bicyclic) bond motifs is 1. The molecule has 1 aromatic heterocycles. The van der Waals surface area contributed by atoms with Crippen LogP contribution in [-0.4, -0.2) is 302 Å². The summed E-state index contributed by atoms with van der Waals surface area (Å²) in [5.41, 5.74) is 18.3. The molecule has 1 aliphatic rings. The van der Waals surface area contributed by atoms with E-state index in [1.165, 1.54) is 44.4 Å². The minimum absolute atomic E-state index is 0.0140. The fourth-order valence-corrected chi connectivity index (χ4v) is 15.1. The molecule has 3 rings (SSSR count). The number of aliphatic hydroxyl groups is 3. The number of benzene rings is 1. The van der Waals surface area contributed by atoms with Crippen LogP contribution >= 0.6 is 24.4 Å². The van der Waals surface area contributed by atoms with E-state index < -0.39 is 252 Å². The van der Waals surface area contributed by atoms with Crippen molar-refractivity contribution in [1.82, 2.24) is 95.0 Å². The number of rotatable bonds is 58. The van der Waals surface area contributed by atoms with E-state index in [1.807, 2.05) is 6.26 Å². The van der Waals surface area contributed by atoms with Crippen LogP contribution in [0.4, 0.5) is 0 Å². The van der Waals surface area contributed by atoms with Gasteiger partial charge in [0.05, 0.1) is 25.4 Å².